The van der Waals surface area contributed by atoms with Crippen molar-refractivity contribution in [2.45, 2.75) is 26.6 Å². The minimum atomic E-state index is -0.163. The van der Waals surface area contributed by atoms with Gasteiger partial charge in [0.05, 0.1) is 25.6 Å². The quantitative estimate of drug-likeness (QED) is 0.378. The monoisotopic (exact) mass is 467 g/mol. The number of amides is 1. The largest absolute Gasteiger partial charge is 0.350 e. The maximum atomic E-state index is 12.9. The molecule has 1 amide bonds. The van der Waals surface area contributed by atoms with Gasteiger partial charge in [-0.25, -0.2) is 14.6 Å². The second-order valence-electron chi connectivity index (χ2n) is 8.40. The summed E-state index contributed by atoms with van der Waals surface area (Å²) >= 11 is 0. The Balaban J connectivity index is 1.21. The molecule has 9 nitrogen and oxygen atoms in total. The maximum Gasteiger partial charge on any atom is 0.264 e. The lowest BCUT2D eigenvalue weighted by Gasteiger charge is -2.09. The number of imidazole rings is 1. The molecule has 0 fully saturated rings. The Bertz CT molecular complexity index is 1520. The van der Waals surface area contributed by atoms with Gasteiger partial charge in [-0.05, 0) is 35.7 Å². The Hall–Kier alpha value is -4.53. The van der Waals surface area contributed by atoms with Crippen LogP contribution >= 0.6 is 0 Å². The van der Waals surface area contributed by atoms with E-state index in [4.69, 9.17) is 0 Å². The van der Waals surface area contributed by atoms with Gasteiger partial charge in [-0.2, -0.15) is 5.10 Å². The molecular formula is C26H25N7O2. The van der Waals surface area contributed by atoms with E-state index in [2.05, 4.69) is 20.4 Å². The Morgan fingerprint density at radius 2 is 1.86 bits per heavy atom. The lowest BCUT2D eigenvalue weighted by Crippen LogP contribution is -2.27. The number of fused-ring (bicyclic) bond motifs is 1. The number of aromatic nitrogens is 6. The average Bonchev–Trinajstić information content (AvgIpc) is 3.53. The fourth-order valence-electron chi connectivity index (χ4n) is 3.97. The number of carbonyl (C=O) groups is 1. The van der Waals surface area contributed by atoms with E-state index in [0.29, 0.717) is 42.8 Å². The number of hydrogen-bond donors (Lipinski definition) is 1. The molecule has 0 spiro atoms. The van der Waals surface area contributed by atoms with Crippen molar-refractivity contribution in [2.24, 2.45) is 0 Å². The smallest absolute Gasteiger partial charge is 0.264 e. The Morgan fingerprint density at radius 1 is 1.03 bits per heavy atom. The van der Waals surface area contributed by atoms with Crippen molar-refractivity contribution in [1.29, 1.82) is 0 Å². The summed E-state index contributed by atoms with van der Waals surface area (Å²) < 4.78 is 5.20. The first kappa shape index (κ1) is 22.3. The molecule has 3 heterocycles. The highest BCUT2D eigenvalue weighted by Gasteiger charge is 2.12. The topological polar surface area (TPSA) is 99.6 Å². The molecule has 0 bridgehead atoms. The number of benzene rings is 2. The van der Waals surface area contributed by atoms with Crippen LogP contribution in [0.3, 0.4) is 0 Å². The molecule has 2 aromatic carbocycles. The first-order valence-corrected chi connectivity index (χ1v) is 11.4. The lowest BCUT2D eigenvalue weighted by molar-refractivity contribution is 0.0952. The molecule has 0 radical (unpaired) electrons. The van der Waals surface area contributed by atoms with Gasteiger partial charge in [-0.15, -0.1) is 0 Å². The summed E-state index contributed by atoms with van der Waals surface area (Å²) in [6.07, 6.45) is 8.49. The Morgan fingerprint density at radius 3 is 2.63 bits per heavy atom. The van der Waals surface area contributed by atoms with Gasteiger partial charge in [0.1, 0.15) is 11.7 Å². The van der Waals surface area contributed by atoms with Crippen LogP contribution in [0, 0.1) is 6.92 Å². The van der Waals surface area contributed by atoms with Crippen LogP contribution in [0.25, 0.3) is 11.0 Å². The number of nitrogens with one attached hydrogen (secondary N) is 1. The van der Waals surface area contributed by atoms with E-state index in [1.807, 2.05) is 66.2 Å². The fourth-order valence-corrected chi connectivity index (χ4v) is 3.97. The summed E-state index contributed by atoms with van der Waals surface area (Å²) in [6.45, 7) is 3.95. The summed E-state index contributed by atoms with van der Waals surface area (Å²) in [5, 5.41) is 7.69. The third-order valence-corrected chi connectivity index (χ3v) is 5.97. The summed E-state index contributed by atoms with van der Waals surface area (Å²) in [5.74, 6) is -0.163. The van der Waals surface area contributed by atoms with Gasteiger partial charge in [0.25, 0.3) is 11.5 Å². The molecule has 35 heavy (non-hydrogen) atoms. The molecule has 176 valence electrons. The lowest BCUT2D eigenvalue weighted by atomic mass is 10.1. The van der Waals surface area contributed by atoms with E-state index in [9.17, 15) is 9.59 Å². The number of hydrogen-bond acceptors (Lipinski definition) is 5. The van der Waals surface area contributed by atoms with Crippen molar-refractivity contribution in [3.05, 3.63) is 112 Å². The van der Waals surface area contributed by atoms with Gasteiger partial charge in [-0.3, -0.25) is 14.2 Å². The van der Waals surface area contributed by atoms with E-state index in [1.54, 1.807) is 34.3 Å². The SMILES string of the molecule is Cc1ccccc1Cn1cnc2c(cnn2CCNC(=O)c2ccc(Cn3ccnc3)cc2)c1=O. The minimum Gasteiger partial charge on any atom is -0.350 e. The number of rotatable bonds is 8. The number of aryl methyl sites for hydroxylation is 1. The van der Waals surface area contributed by atoms with Gasteiger partial charge < -0.3 is 9.88 Å². The summed E-state index contributed by atoms with van der Waals surface area (Å²) in [5.41, 5.74) is 4.24. The highest BCUT2D eigenvalue weighted by atomic mass is 16.1. The van der Waals surface area contributed by atoms with Gasteiger partial charge in [0, 0.05) is 31.0 Å². The molecule has 5 aromatic rings. The predicted molar refractivity (Wildman–Crippen MR) is 132 cm³/mol. The third-order valence-electron chi connectivity index (χ3n) is 5.97. The molecule has 0 aliphatic carbocycles. The molecule has 5 rings (SSSR count). The molecule has 9 heteroatoms. The molecule has 0 saturated heterocycles. The Labute approximate surface area is 201 Å². The van der Waals surface area contributed by atoms with Gasteiger partial charge in [-0.1, -0.05) is 36.4 Å². The zero-order valence-corrected chi connectivity index (χ0v) is 19.3. The zero-order valence-electron chi connectivity index (χ0n) is 19.3. The second-order valence-corrected chi connectivity index (χ2v) is 8.40. The normalized spacial score (nSPS) is 11.1. The van der Waals surface area contributed by atoms with Gasteiger partial charge in [0.15, 0.2) is 5.65 Å². The van der Waals surface area contributed by atoms with Crippen LogP contribution in [0.1, 0.15) is 27.0 Å². The van der Waals surface area contributed by atoms with E-state index in [0.717, 1.165) is 16.7 Å². The molecule has 0 unspecified atom stereocenters. The van der Waals surface area contributed by atoms with Crippen molar-refractivity contribution in [1.82, 2.24) is 34.2 Å². The first-order valence-electron chi connectivity index (χ1n) is 11.4. The Kier molecular flexibility index (Phi) is 6.21. The van der Waals surface area contributed by atoms with Crippen LogP contribution < -0.4 is 10.9 Å². The predicted octanol–water partition coefficient (Wildman–Crippen LogP) is 2.62. The van der Waals surface area contributed by atoms with Gasteiger partial charge in [0.2, 0.25) is 0 Å². The second kappa shape index (κ2) is 9.76. The van der Waals surface area contributed by atoms with Crippen LogP contribution in [0.4, 0.5) is 0 Å². The van der Waals surface area contributed by atoms with E-state index in [1.165, 1.54) is 0 Å². The van der Waals surface area contributed by atoms with Crippen molar-refractivity contribution in [2.75, 3.05) is 6.54 Å². The molecule has 0 atom stereocenters. The van der Waals surface area contributed by atoms with Crippen LogP contribution in [0.2, 0.25) is 0 Å². The number of carbonyl (C=O) groups excluding carboxylic acids is 1. The summed E-state index contributed by atoms with van der Waals surface area (Å²) in [6, 6.07) is 15.4. The third kappa shape index (κ3) is 4.89. The molecular weight excluding hydrogens is 442 g/mol. The standard InChI is InChI=1S/C26H25N7O2/c1-19-4-2-3-5-22(19)16-32-18-29-24-23(26(32)35)14-30-33(24)13-11-28-25(34)21-8-6-20(7-9-21)15-31-12-10-27-17-31/h2-10,12,14,17-18H,11,13,15-16H2,1H3,(H,28,34). The van der Waals surface area contributed by atoms with E-state index < -0.39 is 0 Å². The van der Waals surface area contributed by atoms with Gasteiger partial charge >= 0.3 is 0 Å². The zero-order chi connectivity index (χ0) is 24.2. The van der Waals surface area contributed by atoms with E-state index >= 15 is 0 Å². The van der Waals surface area contributed by atoms with Crippen molar-refractivity contribution in [3.8, 4) is 0 Å². The molecule has 0 saturated carbocycles. The molecule has 1 N–H and O–H groups in total. The van der Waals surface area contributed by atoms with Crippen LogP contribution in [-0.2, 0) is 19.6 Å². The fraction of sp³-hybridized carbons (Fsp3) is 0.192. The summed E-state index contributed by atoms with van der Waals surface area (Å²) in [4.78, 5) is 34.0. The summed E-state index contributed by atoms with van der Waals surface area (Å²) in [7, 11) is 0. The molecule has 3 aromatic heterocycles. The minimum absolute atomic E-state index is 0.135. The molecule has 0 aliphatic heterocycles. The van der Waals surface area contributed by atoms with E-state index in [-0.39, 0.29) is 11.5 Å². The maximum absolute atomic E-state index is 12.9. The van der Waals surface area contributed by atoms with Crippen molar-refractivity contribution in [3.63, 3.8) is 0 Å². The van der Waals surface area contributed by atoms with Crippen molar-refractivity contribution < 1.29 is 4.79 Å². The first-order chi connectivity index (χ1) is 17.1. The van der Waals surface area contributed by atoms with Crippen LogP contribution in [0.15, 0.2) is 84.6 Å². The highest BCUT2D eigenvalue weighted by Crippen LogP contribution is 2.10. The number of nitrogens with zero attached hydrogens (tertiary/aromatic N) is 6. The van der Waals surface area contributed by atoms with Crippen LogP contribution in [-0.4, -0.2) is 41.3 Å². The average molecular weight is 468 g/mol. The molecule has 0 aliphatic rings. The van der Waals surface area contributed by atoms with Crippen molar-refractivity contribution >= 4 is 16.9 Å². The van der Waals surface area contributed by atoms with Crippen LogP contribution in [0.5, 0.6) is 0 Å². The highest BCUT2D eigenvalue weighted by molar-refractivity contribution is 5.94.